The molecule has 9 heteroatoms. The molecule has 0 spiro atoms. The largest absolute Gasteiger partial charge is 0.497 e. The Morgan fingerprint density at radius 2 is 1.80 bits per heavy atom. The number of anilines is 1. The molecule has 30 heavy (non-hydrogen) atoms. The Balaban J connectivity index is 0.00000320. The predicted octanol–water partition coefficient (Wildman–Crippen LogP) is 2.12. The Morgan fingerprint density at radius 3 is 2.40 bits per heavy atom. The number of benzene rings is 1. The Kier molecular flexibility index (Phi) is 9.80. The number of hydrogen-bond acceptors (Lipinski definition) is 5. The van der Waals surface area contributed by atoms with E-state index in [1.54, 1.807) is 21.3 Å². The van der Waals surface area contributed by atoms with Crippen LogP contribution in [-0.4, -0.2) is 64.9 Å². The van der Waals surface area contributed by atoms with E-state index in [9.17, 15) is 4.79 Å². The van der Waals surface area contributed by atoms with Crippen molar-refractivity contribution in [2.24, 2.45) is 4.99 Å². The molecule has 8 nitrogen and oxygen atoms in total. The van der Waals surface area contributed by atoms with Gasteiger partial charge in [-0.2, -0.15) is 0 Å². The molecule has 2 aliphatic rings. The summed E-state index contributed by atoms with van der Waals surface area (Å²) in [6, 6.07) is 6.68. The highest BCUT2D eigenvalue weighted by Gasteiger charge is 2.25. The third-order valence-corrected chi connectivity index (χ3v) is 5.27. The molecule has 0 radical (unpaired) electrons. The number of methoxy groups -OCH3 is 2. The van der Waals surface area contributed by atoms with E-state index in [0.29, 0.717) is 18.5 Å². The first kappa shape index (κ1) is 24.4. The maximum absolute atomic E-state index is 11.7. The van der Waals surface area contributed by atoms with Gasteiger partial charge in [-0.15, -0.1) is 24.0 Å². The molecule has 168 valence electrons. The minimum absolute atomic E-state index is 0. The van der Waals surface area contributed by atoms with Crippen LogP contribution in [0.2, 0.25) is 0 Å². The molecular formula is C21H34IN5O3. The van der Waals surface area contributed by atoms with E-state index in [2.05, 4.69) is 25.8 Å². The number of nitrogens with zero attached hydrogens (tertiary/aromatic N) is 2. The molecule has 1 aromatic carbocycles. The summed E-state index contributed by atoms with van der Waals surface area (Å²) in [5.41, 5.74) is 1.09. The Bertz CT molecular complexity index is 704. The molecule has 1 unspecified atom stereocenters. The zero-order valence-electron chi connectivity index (χ0n) is 18.1. The van der Waals surface area contributed by atoms with Crippen molar-refractivity contribution in [3.63, 3.8) is 0 Å². The maximum atomic E-state index is 11.7. The van der Waals surface area contributed by atoms with Crippen molar-refractivity contribution in [3.05, 3.63) is 18.2 Å². The van der Waals surface area contributed by atoms with Gasteiger partial charge in [0.25, 0.3) is 0 Å². The number of guanidine groups is 1. The summed E-state index contributed by atoms with van der Waals surface area (Å²) < 4.78 is 10.8. The number of carbonyl (C=O) groups excluding carboxylic acids is 1. The van der Waals surface area contributed by atoms with E-state index >= 15 is 0 Å². The van der Waals surface area contributed by atoms with Crippen LogP contribution in [0.1, 0.15) is 32.1 Å². The van der Waals surface area contributed by atoms with Crippen molar-refractivity contribution in [2.75, 3.05) is 45.8 Å². The molecule has 1 aromatic rings. The lowest BCUT2D eigenvalue weighted by Crippen LogP contribution is -2.45. The van der Waals surface area contributed by atoms with Crippen molar-refractivity contribution < 1.29 is 14.3 Å². The summed E-state index contributed by atoms with van der Waals surface area (Å²) >= 11 is 0. The summed E-state index contributed by atoms with van der Waals surface area (Å²) in [7, 11) is 5.10. The standard InChI is InChI=1S/C21H33N5O3.HI/c1-22-21(23-9-4-5-20(27)24-15-6-7-15)25-16-8-10-26(14-16)17-11-18(28-2)13-19(12-17)29-3;/h11-13,15-16H,4-10,14H2,1-3H3,(H,24,27)(H2,22,23,25);1H. The predicted molar refractivity (Wildman–Crippen MR) is 130 cm³/mol. The average Bonchev–Trinajstić information content (AvgIpc) is 3.43. The van der Waals surface area contributed by atoms with Gasteiger partial charge >= 0.3 is 0 Å². The van der Waals surface area contributed by atoms with Crippen LogP contribution in [0.15, 0.2) is 23.2 Å². The van der Waals surface area contributed by atoms with Crippen molar-refractivity contribution in [3.8, 4) is 11.5 Å². The van der Waals surface area contributed by atoms with Gasteiger partial charge in [-0.3, -0.25) is 9.79 Å². The van der Waals surface area contributed by atoms with Gasteiger partial charge in [0.1, 0.15) is 11.5 Å². The van der Waals surface area contributed by atoms with Crippen LogP contribution < -0.4 is 30.3 Å². The van der Waals surface area contributed by atoms with Crippen molar-refractivity contribution in [2.45, 2.75) is 44.2 Å². The third-order valence-electron chi connectivity index (χ3n) is 5.27. The van der Waals surface area contributed by atoms with E-state index in [-0.39, 0.29) is 29.9 Å². The minimum Gasteiger partial charge on any atom is -0.497 e. The lowest BCUT2D eigenvalue weighted by molar-refractivity contribution is -0.121. The number of hydrogen-bond donors (Lipinski definition) is 3. The number of carbonyl (C=O) groups is 1. The molecule has 1 atom stereocenters. The van der Waals surface area contributed by atoms with Gasteiger partial charge < -0.3 is 30.3 Å². The van der Waals surface area contributed by atoms with Crippen LogP contribution in [-0.2, 0) is 4.79 Å². The molecule has 1 saturated heterocycles. The van der Waals surface area contributed by atoms with Crippen LogP contribution in [0.4, 0.5) is 5.69 Å². The average molecular weight is 531 g/mol. The summed E-state index contributed by atoms with van der Waals surface area (Å²) in [6.07, 6.45) is 4.61. The third kappa shape index (κ3) is 7.41. The number of amides is 1. The smallest absolute Gasteiger partial charge is 0.220 e. The maximum Gasteiger partial charge on any atom is 0.220 e. The summed E-state index contributed by atoms with van der Waals surface area (Å²) in [6.45, 7) is 2.55. The fraction of sp³-hybridized carbons (Fsp3) is 0.619. The Morgan fingerprint density at radius 1 is 1.10 bits per heavy atom. The monoisotopic (exact) mass is 531 g/mol. The number of ether oxygens (including phenoxy) is 2. The molecule has 1 heterocycles. The number of rotatable bonds is 9. The van der Waals surface area contributed by atoms with Crippen LogP contribution in [0.3, 0.4) is 0 Å². The van der Waals surface area contributed by atoms with E-state index < -0.39 is 0 Å². The van der Waals surface area contributed by atoms with Crippen molar-refractivity contribution in [1.29, 1.82) is 0 Å². The van der Waals surface area contributed by atoms with Gasteiger partial charge in [0.2, 0.25) is 5.91 Å². The highest BCUT2D eigenvalue weighted by atomic mass is 127. The molecule has 0 aromatic heterocycles. The zero-order chi connectivity index (χ0) is 20.6. The number of nitrogens with one attached hydrogen (secondary N) is 3. The highest BCUT2D eigenvalue weighted by molar-refractivity contribution is 14.0. The molecular weight excluding hydrogens is 497 g/mol. The second kappa shape index (κ2) is 12.1. The van der Waals surface area contributed by atoms with Crippen LogP contribution >= 0.6 is 24.0 Å². The van der Waals surface area contributed by atoms with Crippen LogP contribution in [0, 0.1) is 0 Å². The van der Waals surface area contributed by atoms with E-state index in [1.807, 2.05) is 18.2 Å². The van der Waals surface area contributed by atoms with Gasteiger partial charge in [0, 0.05) is 69.1 Å². The second-order valence-corrected chi connectivity index (χ2v) is 7.59. The molecule has 1 saturated carbocycles. The lowest BCUT2D eigenvalue weighted by atomic mass is 10.2. The summed E-state index contributed by atoms with van der Waals surface area (Å²) in [5, 5.41) is 9.81. The lowest BCUT2D eigenvalue weighted by Gasteiger charge is -2.21. The van der Waals surface area contributed by atoms with Crippen molar-refractivity contribution in [1.82, 2.24) is 16.0 Å². The fourth-order valence-electron chi connectivity index (χ4n) is 3.46. The molecule has 1 aliphatic carbocycles. The molecule has 3 N–H and O–H groups in total. The highest BCUT2D eigenvalue weighted by Crippen LogP contribution is 2.30. The summed E-state index contributed by atoms with van der Waals surface area (Å²) in [4.78, 5) is 18.4. The molecule has 2 fully saturated rings. The van der Waals surface area contributed by atoms with Gasteiger partial charge in [-0.25, -0.2) is 0 Å². The first-order valence-corrected chi connectivity index (χ1v) is 10.4. The van der Waals surface area contributed by atoms with Crippen LogP contribution in [0.5, 0.6) is 11.5 Å². The number of halogens is 1. The SMILES string of the molecule is CN=C(NCCCC(=O)NC1CC1)NC1CCN(c2cc(OC)cc(OC)c2)C1.I. The minimum atomic E-state index is 0. The summed E-state index contributed by atoms with van der Waals surface area (Å²) in [5.74, 6) is 2.51. The zero-order valence-corrected chi connectivity index (χ0v) is 20.4. The first-order valence-electron chi connectivity index (χ1n) is 10.4. The molecule has 3 rings (SSSR count). The topological polar surface area (TPSA) is 87.2 Å². The number of aliphatic imine (C=N–C) groups is 1. The normalized spacial score (nSPS) is 18.4. The van der Waals surface area contributed by atoms with Gasteiger partial charge in [0.15, 0.2) is 5.96 Å². The van der Waals surface area contributed by atoms with Gasteiger partial charge in [-0.1, -0.05) is 0 Å². The molecule has 1 aliphatic heterocycles. The van der Waals surface area contributed by atoms with E-state index in [1.165, 1.54) is 0 Å². The Labute approximate surface area is 196 Å². The van der Waals surface area contributed by atoms with Gasteiger partial charge in [0.05, 0.1) is 14.2 Å². The molecule has 1 amide bonds. The Hall–Kier alpha value is -1.91. The van der Waals surface area contributed by atoms with E-state index in [0.717, 1.165) is 68.5 Å². The second-order valence-electron chi connectivity index (χ2n) is 7.59. The fourth-order valence-corrected chi connectivity index (χ4v) is 3.46. The van der Waals surface area contributed by atoms with Crippen molar-refractivity contribution >= 4 is 41.5 Å². The van der Waals surface area contributed by atoms with Gasteiger partial charge in [-0.05, 0) is 25.7 Å². The first-order chi connectivity index (χ1) is 14.1. The van der Waals surface area contributed by atoms with E-state index in [4.69, 9.17) is 9.47 Å². The quantitative estimate of drug-likeness (QED) is 0.196. The molecule has 0 bridgehead atoms. The van der Waals surface area contributed by atoms with Crippen LogP contribution in [0.25, 0.3) is 0 Å².